The SMILES string of the molecule is COc1cccc2c(NC(CO)C(=O)O)ncc(Br)c12. The summed E-state index contributed by atoms with van der Waals surface area (Å²) in [5.74, 6) is -0.118. The van der Waals surface area contributed by atoms with Crippen LogP contribution in [0.3, 0.4) is 0 Å². The van der Waals surface area contributed by atoms with Gasteiger partial charge in [-0.1, -0.05) is 12.1 Å². The number of rotatable bonds is 5. The summed E-state index contributed by atoms with van der Waals surface area (Å²) in [6, 6.07) is 4.28. The molecule has 0 bridgehead atoms. The summed E-state index contributed by atoms with van der Waals surface area (Å²) < 4.78 is 6.03. The highest BCUT2D eigenvalue weighted by atomic mass is 79.9. The van der Waals surface area contributed by atoms with Crippen molar-refractivity contribution in [2.24, 2.45) is 0 Å². The fourth-order valence-corrected chi connectivity index (χ4v) is 2.38. The van der Waals surface area contributed by atoms with Crippen molar-refractivity contribution in [3.8, 4) is 5.75 Å². The van der Waals surface area contributed by atoms with Gasteiger partial charge in [-0.2, -0.15) is 0 Å². The minimum Gasteiger partial charge on any atom is -0.496 e. The number of hydrogen-bond acceptors (Lipinski definition) is 5. The number of ether oxygens (including phenoxy) is 1. The summed E-state index contributed by atoms with van der Waals surface area (Å²) >= 11 is 3.40. The van der Waals surface area contributed by atoms with E-state index >= 15 is 0 Å². The molecule has 2 rings (SSSR count). The second kappa shape index (κ2) is 6.06. The summed E-state index contributed by atoms with van der Waals surface area (Å²) in [6.07, 6.45) is 1.56. The normalized spacial score (nSPS) is 12.2. The molecule has 0 aliphatic heterocycles. The number of pyridine rings is 1. The number of aliphatic carboxylic acids is 1. The fraction of sp³-hybridized carbons (Fsp3) is 0.231. The molecule has 0 amide bonds. The van der Waals surface area contributed by atoms with E-state index in [0.717, 1.165) is 9.86 Å². The fourth-order valence-electron chi connectivity index (χ4n) is 1.87. The van der Waals surface area contributed by atoms with Crippen LogP contribution in [-0.4, -0.2) is 40.9 Å². The van der Waals surface area contributed by atoms with Crippen molar-refractivity contribution in [2.45, 2.75) is 6.04 Å². The first kappa shape index (κ1) is 14.5. The average Bonchev–Trinajstić information content (AvgIpc) is 2.45. The van der Waals surface area contributed by atoms with Crippen LogP contribution < -0.4 is 10.1 Å². The Kier molecular flexibility index (Phi) is 4.41. The van der Waals surface area contributed by atoms with E-state index in [1.165, 1.54) is 0 Å². The van der Waals surface area contributed by atoms with Crippen molar-refractivity contribution >= 4 is 38.5 Å². The summed E-state index contributed by atoms with van der Waals surface area (Å²) in [4.78, 5) is 15.1. The summed E-state index contributed by atoms with van der Waals surface area (Å²) in [6.45, 7) is -0.529. The van der Waals surface area contributed by atoms with Crippen molar-refractivity contribution in [3.63, 3.8) is 0 Å². The molecule has 6 nitrogen and oxygen atoms in total. The number of aliphatic hydroxyl groups excluding tert-OH is 1. The summed E-state index contributed by atoms with van der Waals surface area (Å²) in [7, 11) is 1.56. The second-order valence-electron chi connectivity index (χ2n) is 4.06. The Bertz CT molecular complexity index is 648. The van der Waals surface area contributed by atoms with Gasteiger partial charge in [-0.25, -0.2) is 9.78 Å². The van der Waals surface area contributed by atoms with Gasteiger partial charge in [0.25, 0.3) is 0 Å². The molecule has 0 radical (unpaired) electrons. The largest absolute Gasteiger partial charge is 0.496 e. The Hall–Kier alpha value is -1.86. The van der Waals surface area contributed by atoms with Crippen molar-refractivity contribution in [1.82, 2.24) is 4.98 Å². The smallest absolute Gasteiger partial charge is 0.328 e. The van der Waals surface area contributed by atoms with Gasteiger partial charge in [0.2, 0.25) is 0 Å². The maximum atomic E-state index is 11.0. The van der Waals surface area contributed by atoms with Crippen molar-refractivity contribution in [2.75, 3.05) is 19.0 Å². The van der Waals surface area contributed by atoms with E-state index in [2.05, 4.69) is 26.2 Å². The number of anilines is 1. The number of aliphatic hydroxyl groups is 1. The molecule has 0 saturated heterocycles. The van der Waals surface area contributed by atoms with E-state index in [1.54, 1.807) is 31.5 Å². The topological polar surface area (TPSA) is 91.7 Å². The number of fused-ring (bicyclic) bond motifs is 1. The molecule has 1 aromatic heterocycles. The molecule has 0 fully saturated rings. The quantitative estimate of drug-likeness (QED) is 0.769. The highest BCUT2D eigenvalue weighted by Crippen LogP contribution is 2.35. The molecule has 0 spiro atoms. The Morgan fingerprint density at radius 2 is 2.30 bits per heavy atom. The Morgan fingerprint density at radius 3 is 2.90 bits per heavy atom. The van der Waals surface area contributed by atoms with Crippen molar-refractivity contribution in [1.29, 1.82) is 0 Å². The zero-order valence-electron chi connectivity index (χ0n) is 10.6. The average molecular weight is 341 g/mol. The Balaban J connectivity index is 2.55. The van der Waals surface area contributed by atoms with E-state index in [1.807, 2.05) is 0 Å². The lowest BCUT2D eigenvalue weighted by molar-refractivity contribution is -0.138. The molecule has 3 N–H and O–H groups in total. The summed E-state index contributed by atoms with van der Waals surface area (Å²) in [5, 5.41) is 22.3. The van der Waals surface area contributed by atoms with E-state index in [-0.39, 0.29) is 0 Å². The van der Waals surface area contributed by atoms with Crippen LogP contribution in [0.1, 0.15) is 0 Å². The van der Waals surface area contributed by atoms with Crippen LogP contribution in [-0.2, 0) is 4.79 Å². The molecule has 0 aliphatic rings. The monoisotopic (exact) mass is 340 g/mol. The number of nitrogens with zero attached hydrogens (tertiary/aromatic N) is 1. The van der Waals surface area contributed by atoms with Crippen molar-refractivity contribution in [3.05, 3.63) is 28.9 Å². The highest BCUT2D eigenvalue weighted by molar-refractivity contribution is 9.10. The number of carboxylic acids is 1. The zero-order chi connectivity index (χ0) is 14.7. The van der Waals surface area contributed by atoms with Gasteiger partial charge in [0.15, 0.2) is 0 Å². The number of carbonyl (C=O) groups is 1. The molecular formula is C13H13BrN2O4. The molecule has 1 heterocycles. The lowest BCUT2D eigenvalue weighted by atomic mass is 10.1. The molecule has 1 aromatic carbocycles. The predicted molar refractivity (Wildman–Crippen MR) is 78.1 cm³/mol. The van der Waals surface area contributed by atoms with Gasteiger partial charge in [-0.15, -0.1) is 0 Å². The van der Waals surface area contributed by atoms with Gasteiger partial charge < -0.3 is 20.3 Å². The molecule has 1 unspecified atom stereocenters. The van der Waals surface area contributed by atoms with Gasteiger partial charge in [-0.05, 0) is 22.0 Å². The van der Waals surface area contributed by atoms with Crippen LogP contribution >= 0.6 is 15.9 Å². The van der Waals surface area contributed by atoms with E-state index in [0.29, 0.717) is 17.0 Å². The molecular weight excluding hydrogens is 328 g/mol. The van der Waals surface area contributed by atoms with Crippen LogP contribution in [0, 0.1) is 0 Å². The number of halogens is 1. The lowest BCUT2D eigenvalue weighted by Gasteiger charge is -2.15. The van der Waals surface area contributed by atoms with Crippen LogP contribution in [0.25, 0.3) is 10.8 Å². The number of nitrogens with one attached hydrogen (secondary N) is 1. The van der Waals surface area contributed by atoms with Gasteiger partial charge in [-0.3, -0.25) is 0 Å². The molecule has 7 heteroatoms. The van der Waals surface area contributed by atoms with Crippen LogP contribution in [0.15, 0.2) is 28.9 Å². The molecule has 1 atom stereocenters. The van der Waals surface area contributed by atoms with E-state index in [4.69, 9.17) is 14.9 Å². The Labute approximate surface area is 123 Å². The minimum atomic E-state index is -1.15. The van der Waals surface area contributed by atoms with Crippen LogP contribution in [0.2, 0.25) is 0 Å². The highest BCUT2D eigenvalue weighted by Gasteiger charge is 2.18. The number of carboxylic acid groups (broad SMARTS) is 1. The van der Waals surface area contributed by atoms with E-state index < -0.39 is 18.6 Å². The number of benzene rings is 1. The third-order valence-electron chi connectivity index (χ3n) is 2.84. The predicted octanol–water partition coefficient (Wildman–Crippen LogP) is 1.86. The summed E-state index contributed by atoms with van der Waals surface area (Å²) in [5.41, 5.74) is 0. The van der Waals surface area contributed by atoms with Gasteiger partial charge in [0.05, 0.1) is 13.7 Å². The molecule has 20 heavy (non-hydrogen) atoms. The molecule has 106 valence electrons. The maximum absolute atomic E-state index is 11.0. The molecule has 0 saturated carbocycles. The van der Waals surface area contributed by atoms with Gasteiger partial charge in [0.1, 0.15) is 17.6 Å². The number of methoxy groups -OCH3 is 1. The van der Waals surface area contributed by atoms with Gasteiger partial charge in [0, 0.05) is 21.4 Å². The first-order valence-electron chi connectivity index (χ1n) is 5.80. The third-order valence-corrected chi connectivity index (χ3v) is 3.44. The zero-order valence-corrected chi connectivity index (χ0v) is 12.2. The van der Waals surface area contributed by atoms with E-state index in [9.17, 15) is 4.79 Å². The standard InChI is InChI=1S/C13H13BrN2O4/c1-20-10-4-2-3-7-11(10)8(14)5-15-12(7)16-9(6-17)13(18)19/h2-5,9,17H,6H2,1H3,(H,15,16)(H,18,19). The third kappa shape index (κ3) is 2.68. The van der Waals surface area contributed by atoms with Crippen LogP contribution in [0.4, 0.5) is 5.82 Å². The first-order valence-corrected chi connectivity index (χ1v) is 6.59. The van der Waals surface area contributed by atoms with Crippen LogP contribution in [0.5, 0.6) is 5.75 Å². The first-order chi connectivity index (χ1) is 9.58. The molecule has 0 aliphatic carbocycles. The lowest BCUT2D eigenvalue weighted by Crippen LogP contribution is -2.33. The maximum Gasteiger partial charge on any atom is 0.328 e. The number of hydrogen-bond donors (Lipinski definition) is 3. The second-order valence-corrected chi connectivity index (χ2v) is 4.91. The Morgan fingerprint density at radius 1 is 1.55 bits per heavy atom. The molecule has 2 aromatic rings. The number of aromatic nitrogens is 1. The van der Waals surface area contributed by atoms with Crippen molar-refractivity contribution < 1.29 is 19.7 Å². The minimum absolute atomic E-state index is 0.378. The van der Waals surface area contributed by atoms with Gasteiger partial charge >= 0.3 is 5.97 Å².